The lowest BCUT2D eigenvalue weighted by Gasteiger charge is -2.40. The maximum Gasteiger partial charge on any atom is 0.343 e. The van der Waals surface area contributed by atoms with E-state index in [4.69, 9.17) is 9.47 Å². The fraction of sp³-hybridized carbons (Fsp3) is 0.400. The van der Waals surface area contributed by atoms with Crippen LogP contribution in [0.25, 0.3) is 0 Å². The fourth-order valence-electron chi connectivity index (χ4n) is 4.93. The Hall–Kier alpha value is -2.59. The van der Waals surface area contributed by atoms with Crippen molar-refractivity contribution in [3.63, 3.8) is 0 Å². The number of benzene rings is 2. The molecule has 2 aliphatic rings. The summed E-state index contributed by atoms with van der Waals surface area (Å²) >= 11 is 0. The summed E-state index contributed by atoms with van der Waals surface area (Å²) in [5.74, 6) is 1.44. The number of aryl methyl sites for hydroxylation is 2. The van der Waals surface area contributed by atoms with Crippen LogP contribution < -0.4 is 4.74 Å². The Morgan fingerprint density at radius 3 is 2.69 bits per heavy atom. The lowest BCUT2D eigenvalue weighted by atomic mass is 9.68. The maximum absolute atomic E-state index is 12.6. The van der Waals surface area contributed by atoms with Crippen LogP contribution in [0.2, 0.25) is 0 Å². The molecule has 152 valence electrons. The Morgan fingerprint density at radius 1 is 1.14 bits per heavy atom. The summed E-state index contributed by atoms with van der Waals surface area (Å²) in [6, 6.07) is 14.3. The van der Waals surface area contributed by atoms with Crippen molar-refractivity contribution >= 4 is 5.97 Å². The Morgan fingerprint density at radius 2 is 1.97 bits per heavy atom. The molecule has 0 radical (unpaired) electrons. The smallest absolute Gasteiger partial charge is 0.343 e. The van der Waals surface area contributed by atoms with Crippen molar-refractivity contribution < 1.29 is 14.3 Å². The van der Waals surface area contributed by atoms with Gasteiger partial charge in [0.2, 0.25) is 0 Å². The molecule has 0 spiro atoms. The lowest BCUT2D eigenvalue weighted by Crippen LogP contribution is -2.42. The number of hydrogen-bond acceptors (Lipinski definition) is 4. The number of allylic oxidation sites excluding steroid dienone is 1. The zero-order valence-corrected chi connectivity index (χ0v) is 17.7. The average molecular weight is 392 g/mol. The molecule has 1 saturated heterocycles. The third-order valence-corrected chi connectivity index (χ3v) is 6.56. The molecule has 2 unspecified atom stereocenters. The van der Waals surface area contributed by atoms with Gasteiger partial charge in [-0.15, -0.1) is 0 Å². The van der Waals surface area contributed by atoms with Gasteiger partial charge in [0.05, 0.1) is 12.7 Å². The number of hydrogen-bond donors (Lipinski definition) is 0. The minimum Gasteiger partial charge on any atom is -0.496 e. The van der Waals surface area contributed by atoms with Crippen LogP contribution in [0, 0.1) is 13.8 Å². The molecule has 0 N–H and O–H groups in total. The van der Waals surface area contributed by atoms with Crippen molar-refractivity contribution in [2.45, 2.75) is 44.6 Å². The Balaban J connectivity index is 1.61. The van der Waals surface area contributed by atoms with E-state index < -0.39 is 0 Å². The van der Waals surface area contributed by atoms with E-state index in [0.29, 0.717) is 5.56 Å². The highest BCUT2D eigenvalue weighted by Gasteiger charge is 2.48. The van der Waals surface area contributed by atoms with E-state index in [2.05, 4.69) is 43.1 Å². The highest BCUT2D eigenvalue weighted by Crippen LogP contribution is 2.48. The molecule has 1 heterocycles. The van der Waals surface area contributed by atoms with Crippen molar-refractivity contribution in [1.82, 2.24) is 4.90 Å². The van der Waals surface area contributed by atoms with Gasteiger partial charge in [0, 0.05) is 17.9 Å². The molecule has 0 amide bonds. The molecule has 29 heavy (non-hydrogen) atoms. The molecule has 4 nitrogen and oxygen atoms in total. The van der Waals surface area contributed by atoms with Crippen molar-refractivity contribution in [3.05, 3.63) is 76.6 Å². The number of likely N-dealkylation sites (tertiary alicyclic amines) is 1. The van der Waals surface area contributed by atoms with Crippen LogP contribution in [0.1, 0.15) is 46.3 Å². The predicted octanol–water partition coefficient (Wildman–Crippen LogP) is 4.79. The van der Waals surface area contributed by atoms with Crippen molar-refractivity contribution in [1.29, 1.82) is 0 Å². The maximum atomic E-state index is 12.6. The van der Waals surface area contributed by atoms with E-state index in [0.717, 1.165) is 48.4 Å². The Labute approximate surface area is 173 Å². The Bertz CT molecular complexity index is 964. The zero-order chi connectivity index (χ0) is 20.6. The average Bonchev–Trinajstić information content (AvgIpc) is 3.05. The van der Waals surface area contributed by atoms with E-state index in [1.807, 2.05) is 31.2 Å². The first-order chi connectivity index (χ1) is 13.9. The van der Waals surface area contributed by atoms with Crippen LogP contribution in [0.3, 0.4) is 0 Å². The van der Waals surface area contributed by atoms with E-state index in [9.17, 15) is 4.79 Å². The van der Waals surface area contributed by atoms with Gasteiger partial charge in [0.15, 0.2) is 0 Å². The molecule has 0 aromatic heterocycles. The summed E-state index contributed by atoms with van der Waals surface area (Å²) in [6.07, 6.45) is 5.02. The zero-order valence-electron chi connectivity index (χ0n) is 17.7. The second-order valence-electron chi connectivity index (χ2n) is 8.41. The summed E-state index contributed by atoms with van der Waals surface area (Å²) in [5.41, 5.74) is 4.24. The molecule has 2 aromatic rings. The third-order valence-electron chi connectivity index (χ3n) is 6.56. The van der Waals surface area contributed by atoms with Gasteiger partial charge in [-0.3, -0.25) is 4.90 Å². The number of ether oxygens (including phenoxy) is 2. The number of carbonyl (C=O) groups excluding carboxylic acids is 1. The van der Waals surface area contributed by atoms with Gasteiger partial charge >= 0.3 is 5.97 Å². The minimum atomic E-state index is -0.270. The first-order valence-corrected chi connectivity index (χ1v) is 10.3. The second-order valence-corrected chi connectivity index (χ2v) is 8.41. The lowest BCUT2D eigenvalue weighted by molar-refractivity contribution is 0.0593. The molecule has 0 saturated carbocycles. The van der Waals surface area contributed by atoms with Gasteiger partial charge < -0.3 is 9.47 Å². The molecule has 2 aromatic carbocycles. The van der Waals surface area contributed by atoms with Crippen LogP contribution in [0.5, 0.6) is 5.75 Å². The molecule has 0 bridgehead atoms. The predicted molar refractivity (Wildman–Crippen MR) is 114 cm³/mol. The van der Waals surface area contributed by atoms with Crippen LogP contribution in [0.4, 0.5) is 0 Å². The first kappa shape index (κ1) is 19.7. The van der Waals surface area contributed by atoms with Gasteiger partial charge in [-0.2, -0.15) is 0 Å². The largest absolute Gasteiger partial charge is 0.496 e. The number of carbonyl (C=O) groups is 1. The normalized spacial score (nSPS) is 24.0. The SMILES string of the molecule is COc1ccc(C23CCC(OC(=O)c4cccc(C)c4)=CC2N(C)CC3)cc1C. The topological polar surface area (TPSA) is 38.8 Å². The number of esters is 1. The van der Waals surface area contributed by atoms with Crippen molar-refractivity contribution in [2.24, 2.45) is 0 Å². The quantitative estimate of drug-likeness (QED) is 0.703. The third kappa shape index (κ3) is 3.58. The number of rotatable bonds is 4. The number of fused-ring (bicyclic) bond motifs is 1. The number of likely N-dealkylation sites (N-methyl/N-ethyl adjacent to an activating group) is 1. The molecular formula is C25H29NO3. The van der Waals surface area contributed by atoms with Gasteiger partial charge in [-0.05, 0) is 75.7 Å². The first-order valence-electron chi connectivity index (χ1n) is 10.3. The fourth-order valence-corrected chi connectivity index (χ4v) is 4.93. The molecule has 1 aliphatic carbocycles. The summed E-state index contributed by atoms with van der Waals surface area (Å²) in [4.78, 5) is 15.0. The van der Waals surface area contributed by atoms with Crippen LogP contribution >= 0.6 is 0 Å². The van der Waals surface area contributed by atoms with Gasteiger partial charge in [-0.25, -0.2) is 4.79 Å². The number of nitrogens with zero attached hydrogens (tertiary/aromatic N) is 1. The second kappa shape index (κ2) is 7.68. The molecule has 4 heteroatoms. The van der Waals surface area contributed by atoms with E-state index >= 15 is 0 Å². The summed E-state index contributed by atoms with van der Waals surface area (Å²) < 4.78 is 11.3. The molecular weight excluding hydrogens is 362 g/mol. The highest BCUT2D eigenvalue weighted by molar-refractivity contribution is 5.90. The molecule has 1 aliphatic heterocycles. The number of methoxy groups -OCH3 is 1. The van der Waals surface area contributed by atoms with Crippen LogP contribution in [-0.4, -0.2) is 37.6 Å². The van der Waals surface area contributed by atoms with Gasteiger partial charge in [0.1, 0.15) is 11.5 Å². The van der Waals surface area contributed by atoms with Crippen molar-refractivity contribution in [3.8, 4) is 5.75 Å². The summed E-state index contributed by atoms with van der Waals surface area (Å²) in [7, 11) is 3.87. The summed E-state index contributed by atoms with van der Waals surface area (Å²) in [5, 5.41) is 0. The van der Waals surface area contributed by atoms with E-state index in [-0.39, 0.29) is 17.4 Å². The highest BCUT2D eigenvalue weighted by atomic mass is 16.5. The molecule has 1 fully saturated rings. The van der Waals surface area contributed by atoms with Crippen LogP contribution in [0.15, 0.2) is 54.3 Å². The van der Waals surface area contributed by atoms with Gasteiger partial charge in [-0.1, -0.05) is 29.8 Å². The minimum absolute atomic E-state index is 0.0605. The summed E-state index contributed by atoms with van der Waals surface area (Å²) in [6.45, 7) is 5.11. The van der Waals surface area contributed by atoms with Gasteiger partial charge in [0.25, 0.3) is 0 Å². The monoisotopic (exact) mass is 391 g/mol. The molecule has 4 rings (SSSR count). The molecule has 2 atom stereocenters. The van der Waals surface area contributed by atoms with E-state index in [1.54, 1.807) is 7.11 Å². The Kier molecular flexibility index (Phi) is 5.22. The van der Waals surface area contributed by atoms with Crippen LogP contribution in [-0.2, 0) is 10.2 Å². The van der Waals surface area contributed by atoms with E-state index in [1.165, 1.54) is 5.56 Å². The van der Waals surface area contributed by atoms with Crippen molar-refractivity contribution in [2.75, 3.05) is 20.7 Å². The standard InChI is InChI=1S/C25H29NO3/c1-17-6-5-7-19(14-17)24(27)29-21-10-11-25(12-13-26(3)23(25)16-21)20-8-9-22(28-4)18(2)15-20/h5-9,14-16,23H,10-13H2,1-4H3.